The lowest BCUT2D eigenvalue weighted by molar-refractivity contribution is 0.0956. The first-order chi connectivity index (χ1) is 10.7. The topological polar surface area (TPSA) is 45.5 Å². The second-order valence-electron chi connectivity index (χ2n) is 6.06. The van der Waals surface area contributed by atoms with E-state index in [0.717, 1.165) is 37.2 Å². The number of halogens is 1. The molecule has 1 aromatic carbocycles. The minimum Gasteiger partial charge on any atom is -0.459 e. The molecule has 114 valence electrons. The summed E-state index contributed by atoms with van der Waals surface area (Å²) in [5, 5.41) is 3.34. The smallest absolute Gasteiger partial charge is 0.293 e. The molecule has 1 saturated heterocycles. The van der Waals surface area contributed by atoms with Crippen LogP contribution < -0.4 is 10.2 Å². The molecule has 1 fully saturated rings. The van der Waals surface area contributed by atoms with E-state index in [2.05, 4.69) is 5.32 Å². The molecule has 0 radical (unpaired) electrons. The molecule has 2 aromatic rings. The van der Waals surface area contributed by atoms with Crippen LogP contribution in [0, 0.1) is 5.82 Å². The third-order valence-electron chi connectivity index (χ3n) is 4.82. The maximum atomic E-state index is 13.8. The number of nitrogens with one attached hydrogen (secondary N) is 1. The number of nitrogens with zero attached hydrogens (tertiary/aromatic N) is 1. The molecule has 5 heteroatoms. The van der Waals surface area contributed by atoms with Gasteiger partial charge < -0.3 is 14.6 Å². The first-order valence-corrected chi connectivity index (χ1v) is 7.56. The quantitative estimate of drug-likeness (QED) is 0.881. The van der Waals surface area contributed by atoms with Gasteiger partial charge in [0.2, 0.25) is 0 Å². The standard InChI is InChI=1S/C17H17FN2O2/c18-12-3-4-14-13(10-12)17(5-7-19-8-6-17)11-20(14)16(21)15-2-1-9-22-15/h1-4,9-10,19H,5-8,11H2. The van der Waals surface area contributed by atoms with Gasteiger partial charge in [-0.05, 0) is 61.8 Å². The summed E-state index contributed by atoms with van der Waals surface area (Å²) in [6.45, 7) is 2.37. The van der Waals surface area contributed by atoms with Crippen molar-refractivity contribution in [2.45, 2.75) is 18.3 Å². The van der Waals surface area contributed by atoms with E-state index < -0.39 is 0 Å². The van der Waals surface area contributed by atoms with Crippen LogP contribution in [0.4, 0.5) is 10.1 Å². The number of furan rings is 1. The molecular weight excluding hydrogens is 283 g/mol. The van der Waals surface area contributed by atoms with Gasteiger partial charge in [-0.2, -0.15) is 0 Å². The van der Waals surface area contributed by atoms with Crippen molar-refractivity contribution >= 4 is 11.6 Å². The Balaban J connectivity index is 1.78. The summed E-state index contributed by atoms with van der Waals surface area (Å²) in [6.07, 6.45) is 3.31. The third kappa shape index (κ3) is 1.96. The Morgan fingerprint density at radius 1 is 1.27 bits per heavy atom. The summed E-state index contributed by atoms with van der Waals surface area (Å²) in [4.78, 5) is 14.4. The predicted octanol–water partition coefficient (Wildman–Crippen LogP) is 2.70. The molecule has 4 nitrogen and oxygen atoms in total. The van der Waals surface area contributed by atoms with Gasteiger partial charge in [0.25, 0.3) is 5.91 Å². The highest BCUT2D eigenvalue weighted by molar-refractivity contribution is 6.06. The number of rotatable bonds is 1. The summed E-state index contributed by atoms with van der Waals surface area (Å²) in [7, 11) is 0. The molecular formula is C17H17FN2O2. The summed E-state index contributed by atoms with van der Waals surface area (Å²) >= 11 is 0. The molecule has 1 N–H and O–H groups in total. The molecule has 4 rings (SSSR count). The largest absolute Gasteiger partial charge is 0.459 e. The van der Waals surface area contributed by atoms with Gasteiger partial charge in [0.05, 0.1) is 6.26 Å². The Morgan fingerprint density at radius 2 is 2.09 bits per heavy atom. The lowest BCUT2D eigenvalue weighted by Crippen LogP contribution is -2.44. The monoisotopic (exact) mass is 300 g/mol. The van der Waals surface area contributed by atoms with E-state index in [1.165, 1.54) is 12.3 Å². The average molecular weight is 300 g/mol. The van der Waals surface area contributed by atoms with Crippen molar-refractivity contribution in [1.29, 1.82) is 0 Å². The molecule has 1 spiro atoms. The molecule has 2 aliphatic heterocycles. The molecule has 0 bridgehead atoms. The highest BCUT2D eigenvalue weighted by Gasteiger charge is 2.45. The molecule has 0 atom stereocenters. The van der Waals surface area contributed by atoms with E-state index in [1.807, 2.05) is 0 Å². The number of anilines is 1. The van der Waals surface area contributed by atoms with Crippen LogP contribution in [0.25, 0.3) is 0 Å². The maximum Gasteiger partial charge on any atom is 0.293 e. The van der Waals surface area contributed by atoms with Gasteiger partial charge in [0, 0.05) is 17.6 Å². The van der Waals surface area contributed by atoms with Gasteiger partial charge in [0.15, 0.2) is 5.76 Å². The fourth-order valence-corrected chi connectivity index (χ4v) is 3.69. The van der Waals surface area contributed by atoms with Crippen molar-refractivity contribution in [3.63, 3.8) is 0 Å². The SMILES string of the molecule is O=C(c1ccco1)N1CC2(CCNCC2)c2cc(F)ccc21. The van der Waals surface area contributed by atoms with E-state index in [-0.39, 0.29) is 17.1 Å². The zero-order valence-electron chi connectivity index (χ0n) is 12.1. The zero-order chi connectivity index (χ0) is 15.2. The number of hydrogen-bond donors (Lipinski definition) is 1. The molecule has 22 heavy (non-hydrogen) atoms. The Kier molecular flexibility index (Phi) is 3.04. The number of piperidine rings is 1. The van der Waals surface area contributed by atoms with Crippen LogP contribution in [-0.2, 0) is 5.41 Å². The summed E-state index contributed by atoms with van der Waals surface area (Å²) < 4.78 is 19.0. The minimum atomic E-state index is -0.246. The van der Waals surface area contributed by atoms with Crippen molar-refractivity contribution in [1.82, 2.24) is 5.32 Å². The molecule has 0 aliphatic carbocycles. The number of carbonyl (C=O) groups excluding carboxylic acids is 1. The van der Waals surface area contributed by atoms with Crippen LogP contribution in [0.3, 0.4) is 0 Å². The van der Waals surface area contributed by atoms with Gasteiger partial charge in [-0.1, -0.05) is 0 Å². The molecule has 1 amide bonds. The van der Waals surface area contributed by atoms with Crippen molar-refractivity contribution in [3.05, 3.63) is 53.7 Å². The highest BCUT2D eigenvalue weighted by atomic mass is 19.1. The predicted molar refractivity (Wildman–Crippen MR) is 80.6 cm³/mol. The molecule has 0 saturated carbocycles. The number of benzene rings is 1. The Labute approximate surface area is 127 Å². The average Bonchev–Trinajstić information content (AvgIpc) is 3.16. The van der Waals surface area contributed by atoms with Crippen LogP contribution in [0.15, 0.2) is 41.0 Å². The Hall–Kier alpha value is -2.14. The van der Waals surface area contributed by atoms with Crippen LogP contribution in [0.2, 0.25) is 0 Å². The van der Waals surface area contributed by atoms with Crippen molar-refractivity contribution in [3.8, 4) is 0 Å². The van der Waals surface area contributed by atoms with Crippen molar-refractivity contribution in [2.24, 2.45) is 0 Å². The normalized spacial score (nSPS) is 19.4. The lowest BCUT2D eigenvalue weighted by atomic mass is 9.75. The molecule has 0 unspecified atom stereocenters. The molecule has 3 heterocycles. The van der Waals surface area contributed by atoms with E-state index in [1.54, 1.807) is 29.2 Å². The van der Waals surface area contributed by atoms with Crippen molar-refractivity contribution < 1.29 is 13.6 Å². The number of hydrogen-bond acceptors (Lipinski definition) is 3. The number of amides is 1. The second kappa shape index (κ2) is 4.95. The summed E-state index contributed by atoms with van der Waals surface area (Å²) in [6, 6.07) is 8.09. The first kappa shape index (κ1) is 13.5. The lowest BCUT2D eigenvalue weighted by Gasteiger charge is -2.34. The molecule has 1 aromatic heterocycles. The fraction of sp³-hybridized carbons (Fsp3) is 0.353. The zero-order valence-corrected chi connectivity index (χ0v) is 12.1. The van der Waals surface area contributed by atoms with Gasteiger partial charge in [0.1, 0.15) is 5.82 Å². The van der Waals surface area contributed by atoms with E-state index >= 15 is 0 Å². The third-order valence-corrected chi connectivity index (χ3v) is 4.82. The number of fused-ring (bicyclic) bond motifs is 2. The Bertz CT molecular complexity index is 705. The van der Waals surface area contributed by atoms with Crippen LogP contribution >= 0.6 is 0 Å². The molecule has 2 aliphatic rings. The van der Waals surface area contributed by atoms with Crippen LogP contribution in [0.1, 0.15) is 29.0 Å². The van der Waals surface area contributed by atoms with Gasteiger partial charge in [-0.25, -0.2) is 4.39 Å². The number of carbonyl (C=O) groups is 1. The van der Waals surface area contributed by atoms with Crippen LogP contribution in [0.5, 0.6) is 0 Å². The summed E-state index contributed by atoms with van der Waals surface area (Å²) in [5.74, 6) is -0.0847. The van der Waals surface area contributed by atoms with E-state index in [9.17, 15) is 9.18 Å². The van der Waals surface area contributed by atoms with Gasteiger partial charge in [-0.3, -0.25) is 4.79 Å². The fourth-order valence-electron chi connectivity index (χ4n) is 3.69. The second-order valence-corrected chi connectivity index (χ2v) is 6.06. The maximum absolute atomic E-state index is 13.8. The van der Waals surface area contributed by atoms with E-state index in [0.29, 0.717) is 12.3 Å². The highest BCUT2D eigenvalue weighted by Crippen LogP contribution is 2.46. The van der Waals surface area contributed by atoms with Crippen molar-refractivity contribution in [2.75, 3.05) is 24.5 Å². The van der Waals surface area contributed by atoms with Crippen LogP contribution in [-0.4, -0.2) is 25.5 Å². The summed E-state index contributed by atoms with van der Waals surface area (Å²) in [5.41, 5.74) is 1.61. The van der Waals surface area contributed by atoms with Gasteiger partial charge >= 0.3 is 0 Å². The van der Waals surface area contributed by atoms with E-state index in [4.69, 9.17) is 4.42 Å². The first-order valence-electron chi connectivity index (χ1n) is 7.56. The Morgan fingerprint density at radius 3 is 2.82 bits per heavy atom. The minimum absolute atomic E-state index is 0.148. The van der Waals surface area contributed by atoms with Gasteiger partial charge in [-0.15, -0.1) is 0 Å².